The van der Waals surface area contributed by atoms with Gasteiger partial charge >= 0.3 is 6.18 Å². The highest BCUT2D eigenvalue weighted by Gasteiger charge is 2.31. The lowest BCUT2D eigenvalue weighted by Crippen LogP contribution is -2.08. The molecule has 0 saturated heterocycles. The van der Waals surface area contributed by atoms with Gasteiger partial charge in [0, 0.05) is 18.3 Å². The molecule has 0 spiro atoms. The number of imidazole rings is 1. The Morgan fingerprint density at radius 2 is 1.84 bits per heavy atom. The highest BCUT2D eigenvalue weighted by molar-refractivity contribution is 5.67. The summed E-state index contributed by atoms with van der Waals surface area (Å²) in [4.78, 5) is 4.44. The number of fused-ring (bicyclic) bond motifs is 1. The first-order valence-electron chi connectivity index (χ1n) is 7.95. The van der Waals surface area contributed by atoms with Crippen LogP contribution >= 0.6 is 0 Å². The van der Waals surface area contributed by atoms with Crippen LogP contribution in [0.2, 0.25) is 0 Å². The highest BCUT2D eigenvalue weighted by atomic mass is 19.4. The van der Waals surface area contributed by atoms with Crippen LogP contribution < -0.4 is 10.5 Å². The molecule has 2 heterocycles. The molecule has 1 aromatic carbocycles. The number of ether oxygens (including phenoxy) is 1. The van der Waals surface area contributed by atoms with E-state index in [9.17, 15) is 13.2 Å². The fraction of sp³-hybridized carbons (Fsp3) is 0.278. The van der Waals surface area contributed by atoms with E-state index in [1.165, 1.54) is 10.5 Å². The van der Waals surface area contributed by atoms with Crippen molar-refractivity contribution < 1.29 is 17.9 Å². The molecule has 0 aliphatic rings. The van der Waals surface area contributed by atoms with Crippen molar-refractivity contribution in [3.05, 3.63) is 53.9 Å². The molecule has 2 N–H and O–H groups in total. The van der Waals surface area contributed by atoms with E-state index in [-0.39, 0.29) is 6.54 Å². The maximum atomic E-state index is 12.9. The van der Waals surface area contributed by atoms with E-state index >= 15 is 0 Å². The van der Waals surface area contributed by atoms with Gasteiger partial charge in [0.15, 0.2) is 0 Å². The number of halogens is 3. The average Bonchev–Trinajstić information content (AvgIpc) is 2.97. The van der Waals surface area contributed by atoms with Crippen LogP contribution in [-0.4, -0.2) is 16.0 Å². The molecule has 0 aliphatic carbocycles. The molecule has 0 saturated carbocycles. The van der Waals surface area contributed by atoms with Gasteiger partial charge in [0.1, 0.15) is 11.4 Å². The molecule has 0 radical (unpaired) electrons. The van der Waals surface area contributed by atoms with Crippen LogP contribution in [0.25, 0.3) is 16.9 Å². The zero-order chi connectivity index (χ0) is 18.0. The molecule has 132 valence electrons. The second kappa shape index (κ2) is 6.76. The summed E-state index contributed by atoms with van der Waals surface area (Å²) in [6, 6.07) is 9.67. The van der Waals surface area contributed by atoms with E-state index < -0.39 is 11.7 Å². The minimum absolute atomic E-state index is 0.0753. The van der Waals surface area contributed by atoms with Crippen LogP contribution in [0.1, 0.15) is 24.6 Å². The zero-order valence-corrected chi connectivity index (χ0v) is 13.7. The fourth-order valence-corrected chi connectivity index (χ4v) is 2.62. The molecular formula is C18H18F3N3O. The number of benzene rings is 1. The number of hydrogen-bond acceptors (Lipinski definition) is 3. The highest BCUT2D eigenvalue weighted by Crippen LogP contribution is 2.31. The summed E-state index contributed by atoms with van der Waals surface area (Å²) in [5, 5.41) is 0. The lowest BCUT2D eigenvalue weighted by Gasteiger charge is -2.08. The van der Waals surface area contributed by atoms with Gasteiger partial charge in [0.05, 0.1) is 23.6 Å². The third kappa shape index (κ3) is 3.46. The summed E-state index contributed by atoms with van der Waals surface area (Å²) < 4.78 is 45.8. The lowest BCUT2D eigenvalue weighted by atomic mass is 10.1. The maximum Gasteiger partial charge on any atom is 0.417 e. The van der Waals surface area contributed by atoms with Gasteiger partial charge in [-0.2, -0.15) is 13.2 Å². The van der Waals surface area contributed by atoms with Gasteiger partial charge in [-0.1, -0.05) is 6.92 Å². The molecular weight excluding hydrogens is 331 g/mol. The molecule has 3 aromatic rings. The quantitative estimate of drug-likeness (QED) is 0.748. The van der Waals surface area contributed by atoms with Gasteiger partial charge in [-0.25, -0.2) is 4.98 Å². The van der Waals surface area contributed by atoms with Crippen molar-refractivity contribution >= 4 is 5.65 Å². The SMILES string of the molecule is CCCOc1ccc(-c2nc3ccc(C(F)(F)F)cn3c2CN)cc1. The topological polar surface area (TPSA) is 52.5 Å². The van der Waals surface area contributed by atoms with Crippen LogP contribution in [-0.2, 0) is 12.7 Å². The first-order chi connectivity index (χ1) is 11.9. The summed E-state index contributed by atoms with van der Waals surface area (Å²) in [6.45, 7) is 2.72. The van der Waals surface area contributed by atoms with E-state index in [1.807, 2.05) is 31.2 Å². The van der Waals surface area contributed by atoms with Gasteiger partial charge in [0.2, 0.25) is 0 Å². The van der Waals surface area contributed by atoms with Crippen molar-refractivity contribution in [3.63, 3.8) is 0 Å². The van der Waals surface area contributed by atoms with Gasteiger partial charge in [-0.05, 0) is 42.8 Å². The lowest BCUT2D eigenvalue weighted by molar-refractivity contribution is -0.137. The molecule has 25 heavy (non-hydrogen) atoms. The summed E-state index contributed by atoms with van der Waals surface area (Å²) in [5.74, 6) is 0.739. The number of alkyl halides is 3. The van der Waals surface area contributed by atoms with Gasteiger partial charge < -0.3 is 14.9 Å². The van der Waals surface area contributed by atoms with Crippen molar-refractivity contribution in [2.45, 2.75) is 26.1 Å². The van der Waals surface area contributed by atoms with Gasteiger partial charge in [-0.3, -0.25) is 0 Å². The Kier molecular flexibility index (Phi) is 4.67. The first-order valence-corrected chi connectivity index (χ1v) is 7.95. The van der Waals surface area contributed by atoms with E-state index in [0.29, 0.717) is 23.6 Å². The normalized spacial score (nSPS) is 11.9. The average molecular weight is 349 g/mol. The number of pyridine rings is 1. The molecule has 2 aromatic heterocycles. The molecule has 0 aliphatic heterocycles. The van der Waals surface area contributed by atoms with E-state index in [0.717, 1.165) is 30.0 Å². The predicted molar refractivity (Wildman–Crippen MR) is 89.3 cm³/mol. The number of rotatable bonds is 5. The third-order valence-corrected chi connectivity index (χ3v) is 3.84. The number of aromatic nitrogens is 2. The second-order valence-electron chi connectivity index (χ2n) is 5.63. The zero-order valence-electron chi connectivity index (χ0n) is 13.7. The van der Waals surface area contributed by atoms with Crippen LogP contribution in [0, 0.1) is 0 Å². The van der Waals surface area contributed by atoms with E-state index in [2.05, 4.69) is 4.98 Å². The Hall–Kier alpha value is -2.54. The minimum atomic E-state index is -4.41. The Morgan fingerprint density at radius 3 is 2.44 bits per heavy atom. The van der Waals surface area contributed by atoms with Crippen molar-refractivity contribution in [1.29, 1.82) is 0 Å². The standard InChI is InChI=1S/C18H18F3N3O/c1-2-9-25-14-6-3-12(4-7-14)17-15(10-22)24-11-13(18(19,20)21)5-8-16(24)23-17/h3-8,11H,2,9-10,22H2,1H3. The fourth-order valence-electron chi connectivity index (χ4n) is 2.62. The van der Waals surface area contributed by atoms with Gasteiger partial charge in [0.25, 0.3) is 0 Å². The molecule has 0 bridgehead atoms. The van der Waals surface area contributed by atoms with Crippen LogP contribution in [0.4, 0.5) is 13.2 Å². The van der Waals surface area contributed by atoms with Crippen molar-refractivity contribution in [1.82, 2.24) is 9.38 Å². The summed E-state index contributed by atoms with van der Waals surface area (Å²) >= 11 is 0. The van der Waals surface area contributed by atoms with Crippen molar-refractivity contribution in [2.75, 3.05) is 6.61 Å². The Morgan fingerprint density at radius 1 is 1.12 bits per heavy atom. The smallest absolute Gasteiger partial charge is 0.417 e. The molecule has 0 fully saturated rings. The Labute approximate surface area is 143 Å². The Bertz CT molecular complexity index is 870. The number of nitrogens with zero attached hydrogens (tertiary/aromatic N) is 2. The molecule has 0 unspecified atom stereocenters. The van der Waals surface area contributed by atoms with Gasteiger partial charge in [-0.15, -0.1) is 0 Å². The molecule has 0 atom stereocenters. The minimum Gasteiger partial charge on any atom is -0.494 e. The second-order valence-corrected chi connectivity index (χ2v) is 5.63. The third-order valence-electron chi connectivity index (χ3n) is 3.84. The molecule has 3 rings (SSSR count). The van der Waals surface area contributed by atoms with Crippen molar-refractivity contribution in [3.8, 4) is 17.0 Å². The van der Waals surface area contributed by atoms with E-state index in [4.69, 9.17) is 10.5 Å². The summed E-state index contributed by atoms with van der Waals surface area (Å²) in [5.41, 5.74) is 7.36. The maximum absolute atomic E-state index is 12.9. The van der Waals surface area contributed by atoms with Crippen LogP contribution in [0.5, 0.6) is 5.75 Å². The molecule has 4 nitrogen and oxygen atoms in total. The molecule has 7 heteroatoms. The van der Waals surface area contributed by atoms with Crippen LogP contribution in [0.3, 0.4) is 0 Å². The van der Waals surface area contributed by atoms with E-state index in [1.54, 1.807) is 0 Å². The first kappa shape index (κ1) is 17.3. The molecule has 0 amide bonds. The Balaban J connectivity index is 2.04. The summed E-state index contributed by atoms with van der Waals surface area (Å²) in [7, 11) is 0. The summed E-state index contributed by atoms with van der Waals surface area (Å²) in [6.07, 6.45) is -2.47. The van der Waals surface area contributed by atoms with Crippen molar-refractivity contribution in [2.24, 2.45) is 5.73 Å². The van der Waals surface area contributed by atoms with Crippen LogP contribution in [0.15, 0.2) is 42.6 Å². The predicted octanol–water partition coefficient (Wildman–Crippen LogP) is 4.27. The number of nitrogens with two attached hydrogens (primary N) is 1. The number of hydrogen-bond donors (Lipinski definition) is 1. The monoisotopic (exact) mass is 349 g/mol. The largest absolute Gasteiger partial charge is 0.494 e.